The van der Waals surface area contributed by atoms with Crippen LogP contribution in [0.4, 0.5) is 0 Å². The Bertz CT molecular complexity index is 612. The second-order valence-corrected chi connectivity index (χ2v) is 6.50. The first-order valence-electron chi connectivity index (χ1n) is 7.16. The maximum absolute atomic E-state index is 4.76. The highest BCUT2D eigenvalue weighted by molar-refractivity contribution is 9.10. The van der Waals surface area contributed by atoms with Crippen LogP contribution in [0.3, 0.4) is 0 Å². The Kier molecular flexibility index (Phi) is 3.94. The van der Waals surface area contributed by atoms with Gasteiger partial charge in [0.05, 0.1) is 5.69 Å². The summed E-state index contributed by atoms with van der Waals surface area (Å²) in [4.78, 5) is 0. The third-order valence-electron chi connectivity index (χ3n) is 4.07. The molecule has 1 saturated heterocycles. The van der Waals surface area contributed by atoms with Crippen molar-refractivity contribution in [1.82, 2.24) is 15.1 Å². The van der Waals surface area contributed by atoms with Gasteiger partial charge in [0.15, 0.2) is 0 Å². The minimum absolute atomic E-state index is 0.575. The molecule has 1 aromatic carbocycles. The molecule has 1 aliphatic rings. The fraction of sp³-hybridized carbons (Fsp3) is 0.438. The lowest BCUT2D eigenvalue weighted by atomic mass is 9.89. The second-order valence-electron chi connectivity index (χ2n) is 5.59. The van der Waals surface area contributed by atoms with Crippen LogP contribution in [0.15, 0.2) is 28.9 Å². The average molecular weight is 334 g/mol. The van der Waals surface area contributed by atoms with Gasteiger partial charge in [0.2, 0.25) is 0 Å². The summed E-state index contributed by atoms with van der Waals surface area (Å²) >= 11 is 3.58. The summed E-state index contributed by atoms with van der Waals surface area (Å²) in [7, 11) is 2.02. The molecule has 3 nitrogen and oxygen atoms in total. The van der Waals surface area contributed by atoms with Gasteiger partial charge in [0, 0.05) is 29.2 Å². The predicted octanol–water partition coefficient (Wildman–Crippen LogP) is 3.63. The molecule has 0 aliphatic carbocycles. The smallest absolute Gasteiger partial charge is 0.0734 e. The molecule has 2 heterocycles. The molecule has 1 N–H and O–H groups in total. The van der Waals surface area contributed by atoms with E-state index >= 15 is 0 Å². The number of hydrogen-bond donors (Lipinski definition) is 1. The van der Waals surface area contributed by atoms with Crippen molar-refractivity contribution in [2.24, 2.45) is 7.05 Å². The van der Waals surface area contributed by atoms with E-state index in [9.17, 15) is 0 Å². The highest BCUT2D eigenvalue weighted by atomic mass is 79.9. The van der Waals surface area contributed by atoms with Crippen LogP contribution in [0.2, 0.25) is 0 Å². The molecule has 3 rings (SSSR count). The Morgan fingerprint density at radius 2 is 2.00 bits per heavy atom. The fourth-order valence-corrected chi connectivity index (χ4v) is 3.36. The normalized spacial score (nSPS) is 16.6. The minimum Gasteiger partial charge on any atom is -0.317 e. The number of aryl methyl sites for hydroxylation is 2. The van der Waals surface area contributed by atoms with Gasteiger partial charge in [-0.3, -0.25) is 4.68 Å². The summed E-state index contributed by atoms with van der Waals surface area (Å²) in [5.74, 6) is 0.575. The molecular formula is C16H20BrN3. The Balaban J connectivity index is 2.06. The van der Waals surface area contributed by atoms with Crippen LogP contribution >= 0.6 is 15.9 Å². The minimum atomic E-state index is 0.575. The zero-order chi connectivity index (χ0) is 14.1. The van der Waals surface area contributed by atoms with Gasteiger partial charge in [-0.1, -0.05) is 22.0 Å². The molecule has 106 valence electrons. The molecule has 0 bridgehead atoms. The van der Waals surface area contributed by atoms with E-state index in [0.717, 1.165) is 17.6 Å². The molecular weight excluding hydrogens is 314 g/mol. The highest BCUT2D eigenvalue weighted by Gasteiger charge is 2.22. The summed E-state index contributed by atoms with van der Waals surface area (Å²) in [6.45, 7) is 4.36. The molecule has 0 spiro atoms. The van der Waals surface area contributed by atoms with E-state index in [2.05, 4.69) is 52.6 Å². The largest absolute Gasteiger partial charge is 0.317 e. The second kappa shape index (κ2) is 5.70. The van der Waals surface area contributed by atoms with E-state index in [1.54, 1.807) is 0 Å². The van der Waals surface area contributed by atoms with Gasteiger partial charge in [-0.2, -0.15) is 5.10 Å². The van der Waals surface area contributed by atoms with E-state index in [1.165, 1.54) is 35.2 Å². The third kappa shape index (κ3) is 2.67. The van der Waals surface area contributed by atoms with Gasteiger partial charge in [-0.15, -0.1) is 0 Å². The van der Waals surface area contributed by atoms with Crippen LogP contribution in [0.25, 0.3) is 11.1 Å². The standard InChI is InChI=1S/C16H20BrN3/c1-11-3-4-13(17)9-14(11)15-10-20(2)19-16(15)12-5-7-18-8-6-12/h3-4,9-10,12,18H,5-8H2,1-2H3. The molecule has 20 heavy (non-hydrogen) atoms. The lowest BCUT2D eigenvalue weighted by Crippen LogP contribution is -2.27. The van der Waals surface area contributed by atoms with Crippen molar-refractivity contribution in [3.8, 4) is 11.1 Å². The van der Waals surface area contributed by atoms with Crippen molar-refractivity contribution in [2.45, 2.75) is 25.7 Å². The first kappa shape index (κ1) is 13.8. The van der Waals surface area contributed by atoms with E-state index in [0.29, 0.717) is 5.92 Å². The number of halogens is 1. The first-order chi connectivity index (χ1) is 9.65. The molecule has 1 aromatic heterocycles. The van der Waals surface area contributed by atoms with E-state index < -0.39 is 0 Å². The average Bonchev–Trinajstić information content (AvgIpc) is 2.84. The highest BCUT2D eigenvalue weighted by Crippen LogP contribution is 2.35. The van der Waals surface area contributed by atoms with Crippen LogP contribution in [-0.4, -0.2) is 22.9 Å². The van der Waals surface area contributed by atoms with Crippen LogP contribution in [0, 0.1) is 6.92 Å². The predicted molar refractivity (Wildman–Crippen MR) is 85.9 cm³/mol. The maximum atomic E-state index is 4.76. The van der Waals surface area contributed by atoms with Gasteiger partial charge in [-0.05, 0) is 56.1 Å². The SMILES string of the molecule is Cc1ccc(Br)cc1-c1cn(C)nc1C1CCNCC1. The molecule has 1 aliphatic heterocycles. The molecule has 0 saturated carbocycles. The molecule has 2 aromatic rings. The Labute approximate surface area is 128 Å². The summed E-state index contributed by atoms with van der Waals surface area (Å²) in [6.07, 6.45) is 4.51. The van der Waals surface area contributed by atoms with Crippen molar-refractivity contribution in [1.29, 1.82) is 0 Å². The van der Waals surface area contributed by atoms with Crippen molar-refractivity contribution in [3.05, 3.63) is 40.1 Å². The topological polar surface area (TPSA) is 29.9 Å². The van der Waals surface area contributed by atoms with Crippen molar-refractivity contribution < 1.29 is 0 Å². The fourth-order valence-electron chi connectivity index (χ4n) is 2.99. The maximum Gasteiger partial charge on any atom is 0.0734 e. The number of hydrogen-bond acceptors (Lipinski definition) is 2. The van der Waals surface area contributed by atoms with E-state index in [1.807, 2.05) is 11.7 Å². The van der Waals surface area contributed by atoms with E-state index in [4.69, 9.17) is 5.10 Å². The number of benzene rings is 1. The number of piperidine rings is 1. The van der Waals surface area contributed by atoms with Crippen LogP contribution in [-0.2, 0) is 7.05 Å². The number of nitrogens with one attached hydrogen (secondary N) is 1. The first-order valence-corrected chi connectivity index (χ1v) is 7.95. The van der Waals surface area contributed by atoms with Gasteiger partial charge in [0.25, 0.3) is 0 Å². The van der Waals surface area contributed by atoms with Crippen LogP contribution < -0.4 is 5.32 Å². The quantitative estimate of drug-likeness (QED) is 0.909. The third-order valence-corrected chi connectivity index (χ3v) is 4.57. The molecule has 0 radical (unpaired) electrons. The molecule has 4 heteroatoms. The number of nitrogens with zero attached hydrogens (tertiary/aromatic N) is 2. The van der Waals surface area contributed by atoms with Crippen molar-refractivity contribution in [3.63, 3.8) is 0 Å². The summed E-state index contributed by atoms with van der Waals surface area (Å²) < 4.78 is 3.07. The zero-order valence-corrected chi connectivity index (χ0v) is 13.6. The van der Waals surface area contributed by atoms with E-state index in [-0.39, 0.29) is 0 Å². The molecule has 0 amide bonds. The van der Waals surface area contributed by atoms with Crippen molar-refractivity contribution in [2.75, 3.05) is 13.1 Å². The Hall–Kier alpha value is -1.13. The molecule has 1 fully saturated rings. The summed E-state index contributed by atoms with van der Waals surface area (Å²) in [5, 5.41) is 8.18. The van der Waals surface area contributed by atoms with Gasteiger partial charge in [-0.25, -0.2) is 0 Å². The Morgan fingerprint density at radius 1 is 1.25 bits per heavy atom. The summed E-state index contributed by atoms with van der Waals surface area (Å²) in [5.41, 5.74) is 5.14. The van der Waals surface area contributed by atoms with Gasteiger partial charge < -0.3 is 5.32 Å². The van der Waals surface area contributed by atoms with Gasteiger partial charge in [0.1, 0.15) is 0 Å². The lowest BCUT2D eigenvalue weighted by molar-refractivity contribution is 0.450. The van der Waals surface area contributed by atoms with Crippen molar-refractivity contribution >= 4 is 15.9 Å². The molecule has 0 atom stereocenters. The summed E-state index contributed by atoms with van der Waals surface area (Å²) in [6, 6.07) is 6.47. The van der Waals surface area contributed by atoms with Crippen LogP contribution in [0.5, 0.6) is 0 Å². The number of aromatic nitrogens is 2. The molecule has 0 unspecified atom stereocenters. The van der Waals surface area contributed by atoms with Gasteiger partial charge >= 0.3 is 0 Å². The Morgan fingerprint density at radius 3 is 2.75 bits per heavy atom. The lowest BCUT2D eigenvalue weighted by Gasteiger charge is -2.22. The zero-order valence-electron chi connectivity index (χ0n) is 12.0. The monoisotopic (exact) mass is 333 g/mol. The number of rotatable bonds is 2. The van der Waals surface area contributed by atoms with Crippen LogP contribution in [0.1, 0.15) is 30.0 Å².